The van der Waals surface area contributed by atoms with Crippen LogP contribution in [0.15, 0.2) is 97.1 Å². The van der Waals surface area contributed by atoms with Crippen LogP contribution in [0.25, 0.3) is 0 Å². The molecule has 0 aliphatic heterocycles. The highest BCUT2D eigenvalue weighted by atomic mass is 16.5. The van der Waals surface area contributed by atoms with Gasteiger partial charge in [0.05, 0.1) is 40.5 Å². The normalized spacial score (nSPS) is 13.0. The van der Waals surface area contributed by atoms with Gasteiger partial charge in [0.2, 0.25) is 0 Å². The first-order chi connectivity index (χ1) is 23.8. The molecule has 0 aliphatic rings. The van der Waals surface area contributed by atoms with Gasteiger partial charge in [0.15, 0.2) is 0 Å². The molecule has 0 saturated carbocycles. The molecule has 0 aliphatic carbocycles. The van der Waals surface area contributed by atoms with E-state index in [9.17, 15) is 19.8 Å². The van der Waals surface area contributed by atoms with Gasteiger partial charge >= 0.3 is 11.8 Å². The van der Waals surface area contributed by atoms with E-state index in [4.69, 9.17) is 18.9 Å². The van der Waals surface area contributed by atoms with Crippen LogP contribution in [0.1, 0.15) is 49.9 Å². The van der Waals surface area contributed by atoms with Crippen molar-refractivity contribution in [2.45, 2.75) is 51.0 Å². The monoisotopic (exact) mass is 684 g/mol. The fraction of sp³-hybridized carbons (Fsp3) is 0.350. The maximum Gasteiger partial charge on any atom is 0.309 e. The number of ether oxygens (including phenoxy) is 4. The average Bonchev–Trinajstić information content (AvgIpc) is 3.15. The Labute approximate surface area is 294 Å². The maximum absolute atomic E-state index is 13.9. The van der Waals surface area contributed by atoms with E-state index in [2.05, 4.69) is 10.6 Å². The number of nitrogens with one attached hydrogen (secondary N) is 2. The minimum absolute atomic E-state index is 0.350. The van der Waals surface area contributed by atoms with E-state index in [0.717, 1.165) is 0 Å². The van der Waals surface area contributed by atoms with E-state index in [1.165, 1.54) is 0 Å². The Balaban J connectivity index is 1.73. The first kappa shape index (κ1) is 37.8. The predicted molar refractivity (Wildman–Crippen MR) is 192 cm³/mol. The molecule has 2 atom stereocenters. The zero-order valence-electron chi connectivity index (χ0n) is 29.9. The largest absolute Gasteiger partial charge is 0.497 e. The Morgan fingerprint density at radius 1 is 0.460 bits per heavy atom. The van der Waals surface area contributed by atoms with Crippen LogP contribution in [0.5, 0.6) is 23.0 Å². The molecule has 0 spiro atoms. The van der Waals surface area contributed by atoms with Gasteiger partial charge in [0.1, 0.15) is 34.2 Å². The van der Waals surface area contributed by atoms with Crippen LogP contribution in [-0.2, 0) is 20.8 Å². The minimum atomic E-state index is -1.77. The van der Waals surface area contributed by atoms with Gasteiger partial charge in [-0.2, -0.15) is 0 Å². The number of hydrogen-bond acceptors (Lipinski definition) is 8. The molecular formula is C40H48N2O8. The highest BCUT2D eigenvalue weighted by Gasteiger charge is 2.46. The van der Waals surface area contributed by atoms with Crippen molar-refractivity contribution >= 4 is 11.8 Å². The van der Waals surface area contributed by atoms with Crippen LogP contribution in [0.2, 0.25) is 0 Å². The van der Waals surface area contributed by atoms with E-state index < -0.39 is 35.1 Å². The Bertz CT molecular complexity index is 1480. The number of rotatable bonds is 14. The van der Waals surface area contributed by atoms with E-state index in [0.29, 0.717) is 45.3 Å². The molecule has 10 nitrogen and oxygen atoms in total. The number of methoxy groups -OCH3 is 4. The lowest BCUT2D eigenvalue weighted by Crippen LogP contribution is -2.60. The first-order valence-corrected chi connectivity index (χ1v) is 16.5. The second kappa shape index (κ2) is 16.1. The molecule has 10 heteroatoms. The Kier molecular flexibility index (Phi) is 12.2. The SMILES string of the molecule is COc1ccc(C(O)(c2ccc(OC)cc2)C(NC(=O)C(=O)NC(C(C)C)C(O)(c2ccc(OC)cc2)c2ccc(OC)cc2)C(C)C)cc1. The lowest BCUT2D eigenvalue weighted by atomic mass is 9.75. The van der Waals surface area contributed by atoms with Crippen molar-refractivity contribution in [1.82, 2.24) is 10.6 Å². The summed E-state index contributed by atoms with van der Waals surface area (Å²) in [6, 6.07) is 25.7. The predicted octanol–water partition coefficient (Wildman–Crippen LogP) is 5.17. The summed E-state index contributed by atoms with van der Waals surface area (Å²) in [5, 5.41) is 30.9. The van der Waals surface area contributed by atoms with Gasteiger partial charge in [-0.25, -0.2) is 0 Å². The fourth-order valence-electron chi connectivity index (χ4n) is 6.35. The van der Waals surface area contributed by atoms with Gasteiger partial charge in [-0.05, 0) is 82.6 Å². The highest BCUT2D eigenvalue weighted by molar-refractivity contribution is 6.35. The summed E-state index contributed by atoms with van der Waals surface area (Å²) < 4.78 is 21.4. The number of amides is 2. The molecule has 4 aromatic rings. The summed E-state index contributed by atoms with van der Waals surface area (Å²) >= 11 is 0. The summed E-state index contributed by atoms with van der Waals surface area (Å²) in [5.41, 5.74) is -1.61. The standard InChI is InChI=1S/C40H48N2O8/c1-25(2)35(39(45,27-9-17-31(47-5)18-10-27)28-11-19-32(48-6)20-12-28)41-37(43)38(44)42-36(26(3)4)40(46,29-13-21-33(49-7)22-14-29)30-15-23-34(50-8)24-16-30/h9-26,35-36,45-46H,1-8H3,(H,41,43)(H,42,44). The summed E-state index contributed by atoms with van der Waals surface area (Å²) in [5.74, 6) is -0.266. The van der Waals surface area contributed by atoms with Gasteiger partial charge in [0, 0.05) is 0 Å². The third-order valence-corrected chi connectivity index (χ3v) is 9.13. The van der Waals surface area contributed by atoms with Gasteiger partial charge in [-0.1, -0.05) is 76.2 Å². The van der Waals surface area contributed by atoms with E-state index in [-0.39, 0.29) is 11.8 Å². The summed E-state index contributed by atoms with van der Waals surface area (Å²) in [6.45, 7) is 7.40. The van der Waals surface area contributed by atoms with Crippen LogP contribution in [0.3, 0.4) is 0 Å². The molecule has 0 saturated heterocycles. The molecule has 0 bridgehead atoms. The molecule has 50 heavy (non-hydrogen) atoms. The van der Waals surface area contributed by atoms with Crippen LogP contribution in [0.4, 0.5) is 0 Å². The maximum atomic E-state index is 13.9. The topological polar surface area (TPSA) is 136 Å². The van der Waals surface area contributed by atoms with Crippen molar-refractivity contribution in [3.05, 3.63) is 119 Å². The zero-order chi connectivity index (χ0) is 36.6. The molecule has 4 N–H and O–H groups in total. The third kappa shape index (κ3) is 7.72. The first-order valence-electron chi connectivity index (χ1n) is 16.5. The fourth-order valence-corrected chi connectivity index (χ4v) is 6.35. The lowest BCUT2D eigenvalue weighted by Gasteiger charge is -2.41. The zero-order valence-corrected chi connectivity index (χ0v) is 29.9. The van der Waals surface area contributed by atoms with Gasteiger partial charge in [-0.15, -0.1) is 0 Å². The molecule has 4 rings (SSSR count). The molecule has 0 radical (unpaired) electrons. The molecule has 0 heterocycles. The number of aliphatic hydroxyl groups is 2. The second-order valence-corrected chi connectivity index (χ2v) is 12.8. The third-order valence-electron chi connectivity index (χ3n) is 9.13. The minimum Gasteiger partial charge on any atom is -0.497 e. The highest BCUT2D eigenvalue weighted by Crippen LogP contribution is 2.39. The van der Waals surface area contributed by atoms with Crippen molar-refractivity contribution in [2.24, 2.45) is 11.8 Å². The molecule has 2 unspecified atom stereocenters. The quantitative estimate of drug-likeness (QED) is 0.134. The average molecular weight is 685 g/mol. The van der Waals surface area contributed by atoms with Crippen molar-refractivity contribution in [3.63, 3.8) is 0 Å². The van der Waals surface area contributed by atoms with Gasteiger partial charge in [0.25, 0.3) is 0 Å². The molecular weight excluding hydrogens is 636 g/mol. The smallest absolute Gasteiger partial charge is 0.309 e. The summed E-state index contributed by atoms with van der Waals surface area (Å²) in [6.07, 6.45) is 0. The van der Waals surface area contributed by atoms with Crippen LogP contribution >= 0.6 is 0 Å². The molecule has 266 valence electrons. The molecule has 4 aromatic carbocycles. The van der Waals surface area contributed by atoms with E-state index >= 15 is 0 Å². The molecule has 0 aromatic heterocycles. The summed E-state index contributed by atoms with van der Waals surface area (Å²) in [4.78, 5) is 27.8. The van der Waals surface area contributed by atoms with Crippen molar-refractivity contribution in [2.75, 3.05) is 28.4 Å². The van der Waals surface area contributed by atoms with Crippen molar-refractivity contribution < 1.29 is 38.7 Å². The van der Waals surface area contributed by atoms with Crippen LogP contribution < -0.4 is 29.6 Å². The van der Waals surface area contributed by atoms with E-state index in [1.54, 1.807) is 126 Å². The second-order valence-electron chi connectivity index (χ2n) is 12.8. The van der Waals surface area contributed by atoms with Crippen LogP contribution in [-0.4, -0.2) is 62.6 Å². The van der Waals surface area contributed by atoms with Crippen molar-refractivity contribution in [3.8, 4) is 23.0 Å². The lowest BCUT2D eigenvalue weighted by molar-refractivity contribution is -0.142. The Hall–Kier alpha value is -5.06. The Morgan fingerprint density at radius 2 is 0.660 bits per heavy atom. The van der Waals surface area contributed by atoms with E-state index in [1.807, 2.05) is 27.7 Å². The molecule has 2 amide bonds. The summed E-state index contributed by atoms with van der Waals surface area (Å²) in [7, 11) is 6.20. The number of carbonyl (C=O) groups is 2. The number of benzene rings is 4. The number of hydrogen-bond donors (Lipinski definition) is 4. The van der Waals surface area contributed by atoms with Gasteiger partial charge in [-0.3, -0.25) is 9.59 Å². The number of carbonyl (C=O) groups excluding carboxylic acids is 2. The van der Waals surface area contributed by atoms with Crippen molar-refractivity contribution in [1.29, 1.82) is 0 Å². The Morgan fingerprint density at radius 3 is 0.820 bits per heavy atom. The van der Waals surface area contributed by atoms with Crippen LogP contribution in [0, 0.1) is 11.8 Å². The van der Waals surface area contributed by atoms with Gasteiger partial charge < -0.3 is 39.8 Å². The molecule has 0 fully saturated rings.